The van der Waals surface area contributed by atoms with Crippen molar-refractivity contribution in [3.63, 3.8) is 0 Å². The van der Waals surface area contributed by atoms with Crippen LogP contribution in [0.15, 0.2) is 54.1 Å². The van der Waals surface area contributed by atoms with E-state index in [1.54, 1.807) is 12.1 Å². The summed E-state index contributed by atoms with van der Waals surface area (Å²) in [6.45, 7) is 7.39. The summed E-state index contributed by atoms with van der Waals surface area (Å²) in [4.78, 5) is 10.6. The Morgan fingerprint density at radius 1 is 1.07 bits per heavy atom. The van der Waals surface area contributed by atoms with Crippen molar-refractivity contribution in [3.8, 4) is 11.5 Å². The van der Waals surface area contributed by atoms with Gasteiger partial charge in [0.1, 0.15) is 11.5 Å². The molecule has 2 aromatic rings. The SMILES string of the molecule is CC1C/C(=C(/c2ccc(O)cc2)c2ccc(OCCCC(=O)O)cc2)CC(C)(C)C1. The number of carboxylic acids is 1. The second-order valence-electron chi connectivity index (χ2n) is 9.25. The lowest BCUT2D eigenvalue weighted by molar-refractivity contribution is -0.137. The first-order valence-electron chi connectivity index (χ1n) is 10.7. The molecule has 30 heavy (non-hydrogen) atoms. The Morgan fingerprint density at radius 2 is 1.67 bits per heavy atom. The Hall–Kier alpha value is -2.75. The molecule has 1 atom stereocenters. The summed E-state index contributed by atoms with van der Waals surface area (Å²) < 4.78 is 5.70. The number of allylic oxidation sites excluding steroid dienone is 1. The number of benzene rings is 2. The molecule has 3 rings (SSSR count). The van der Waals surface area contributed by atoms with Gasteiger partial charge in [-0.15, -0.1) is 0 Å². The second kappa shape index (κ2) is 9.38. The third-order valence-corrected chi connectivity index (χ3v) is 5.64. The topological polar surface area (TPSA) is 66.8 Å². The van der Waals surface area contributed by atoms with E-state index < -0.39 is 5.97 Å². The summed E-state index contributed by atoms with van der Waals surface area (Å²) in [5.74, 6) is 0.846. The van der Waals surface area contributed by atoms with E-state index in [-0.39, 0.29) is 17.6 Å². The number of hydrogen-bond donors (Lipinski definition) is 2. The first-order chi connectivity index (χ1) is 14.2. The molecule has 1 aliphatic rings. The molecule has 1 saturated carbocycles. The molecular formula is C26H32O4. The van der Waals surface area contributed by atoms with Gasteiger partial charge < -0.3 is 14.9 Å². The van der Waals surface area contributed by atoms with E-state index >= 15 is 0 Å². The van der Waals surface area contributed by atoms with Crippen molar-refractivity contribution in [1.82, 2.24) is 0 Å². The minimum absolute atomic E-state index is 0.114. The predicted octanol–water partition coefficient (Wildman–Crippen LogP) is 6.28. The average Bonchev–Trinajstić information content (AvgIpc) is 2.66. The van der Waals surface area contributed by atoms with Gasteiger partial charge in [-0.1, -0.05) is 50.6 Å². The number of rotatable bonds is 7. The molecule has 0 saturated heterocycles. The van der Waals surface area contributed by atoms with E-state index in [4.69, 9.17) is 9.84 Å². The lowest BCUT2D eigenvalue weighted by Gasteiger charge is -2.37. The molecule has 1 aliphatic carbocycles. The van der Waals surface area contributed by atoms with Crippen LogP contribution in [-0.2, 0) is 4.79 Å². The third-order valence-electron chi connectivity index (χ3n) is 5.64. The highest BCUT2D eigenvalue weighted by Gasteiger charge is 2.30. The number of aliphatic carboxylic acids is 1. The van der Waals surface area contributed by atoms with E-state index in [0.29, 0.717) is 18.9 Å². The number of aromatic hydroxyl groups is 1. The molecule has 0 amide bonds. The highest BCUT2D eigenvalue weighted by atomic mass is 16.5. The van der Waals surface area contributed by atoms with E-state index in [1.807, 2.05) is 24.3 Å². The van der Waals surface area contributed by atoms with Crippen LogP contribution in [0.25, 0.3) is 5.57 Å². The fraction of sp³-hybridized carbons (Fsp3) is 0.423. The van der Waals surface area contributed by atoms with Crippen LogP contribution in [0, 0.1) is 11.3 Å². The number of hydrogen-bond acceptors (Lipinski definition) is 3. The molecule has 2 N–H and O–H groups in total. The Bertz CT molecular complexity index is 892. The molecule has 1 unspecified atom stereocenters. The smallest absolute Gasteiger partial charge is 0.303 e. The first kappa shape index (κ1) is 21.9. The quantitative estimate of drug-likeness (QED) is 0.529. The zero-order valence-electron chi connectivity index (χ0n) is 18.1. The van der Waals surface area contributed by atoms with Crippen LogP contribution in [0.5, 0.6) is 11.5 Å². The van der Waals surface area contributed by atoms with Crippen LogP contribution < -0.4 is 4.74 Å². The van der Waals surface area contributed by atoms with Gasteiger partial charge in [0.2, 0.25) is 0 Å². The standard InChI is InChI=1S/C26H32O4/c1-18-15-21(17-26(2,3)16-18)25(19-6-10-22(27)11-7-19)20-8-12-23(13-9-20)30-14-4-5-24(28)29/h6-13,18,27H,4-5,14-17H2,1-3H3,(H,28,29)/b25-21+. The lowest BCUT2D eigenvalue weighted by Crippen LogP contribution is -2.23. The number of phenolic OH excluding ortho intramolecular Hbond substituents is 1. The van der Waals surface area contributed by atoms with Crippen molar-refractivity contribution in [3.05, 3.63) is 65.2 Å². The highest BCUT2D eigenvalue weighted by Crippen LogP contribution is 2.45. The molecule has 1 fully saturated rings. The molecule has 0 radical (unpaired) electrons. The lowest BCUT2D eigenvalue weighted by atomic mass is 9.68. The van der Waals surface area contributed by atoms with Crippen molar-refractivity contribution >= 4 is 11.5 Å². The van der Waals surface area contributed by atoms with Crippen LogP contribution >= 0.6 is 0 Å². The van der Waals surface area contributed by atoms with Gasteiger partial charge in [0.25, 0.3) is 0 Å². The van der Waals surface area contributed by atoms with Gasteiger partial charge in [-0.3, -0.25) is 4.79 Å². The zero-order valence-corrected chi connectivity index (χ0v) is 18.1. The highest BCUT2D eigenvalue weighted by molar-refractivity contribution is 5.82. The Labute approximate surface area is 179 Å². The number of ether oxygens (including phenoxy) is 1. The van der Waals surface area contributed by atoms with Gasteiger partial charge >= 0.3 is 5.97 Å². The third kappa shape index (κ3) is 5.88. The van der Waals surface area contributed by atoms with Crippen molar-refractivity contribution in [2.45, 2.75) is 52.9 Å². The van der Waals surface area contributed by atoms with Crippen LogP contribution in [0.1, 0.15) is 64.0 Å². The zero-order chi connectivity index (χ0) is 21.7. The molecule has 4 heteroatoms. The Morgan fingerprint density at radius 3 is 2.23 bits per heavy atom. The summed E-state index contributed by atoms with van der Waals surface area (Å²) in [6.07, 6.45) is 3.96. The summed E-state index contributed by atoms with van der Waals surface area (Å²) in [7, 11) is 0. The maximum Gasteiger partial charge on any atom is 0.303 e. The molecule has 4 nitrogen and oxygen atoms in total. The fourth-order valence-electron chi connectivity index (χ4n) is 4.68. The average molecular weight is 409 g/mol. The monoisotopic (exact) mass is 408 g/mol. The van der Waals surface area contributed by atoms with Crippen LogP contribution in [0.2, 0.25) is 0 Å². The second-order valence-corrected chi connectivity index (χ2v) is 9.25. The summed E-state index contributed by atoms with van der Waals surface area (Å²) in [5.41, 5.74) is 5.22. The number of carboxylic acid groups (broad SMARTS) is 1. The van der Waals surface area contributed by atoms with Crippen LogP contribution in [-0.4, -0.2) is 22.8 Å². The van der Waals surface area contributed by atoms with E-state index in [0.717, 1.165) is 29.7 Å². The molecular weight excluding hydrogens is 376 g/mol. The Balaban J connectivity index is 1.90. The number of carbonyl (C=O) groups is 1. The summed E-state index contributed by atoms with van der Waals surface area (Å²) >= 11 is 0. The van der Waals surface area contributed by atoms with Gasteiger partial charge in [0, 0.05) is 6.42 Å². The fourth-order valence-corrected chi connectivity index (χ4v) is 4.68. The van der Waals surface area contributed by atoms with Crippen molar-refractivity contribution in [2.24, 2.45) is 11.3 Å². The van der Waals surface area contributed by atoms with Crippen molar-refractivity contribution in [2.75, 3.05) is 6.61 Å². The maximum atomic E-state index is 10.6. The van der Waals surface area contributed by atoms with Crippen LogP contribution in [0.3, 0.4) is 0 Å². The van der Waals surface area contributed by atoms with Gasteiger partial charge in [-0.2, -0.15) is 0 Å². The number of phenols is 1. The van der Waals surface area contributed by atoms with Gasteiger partial charge in [0.15, 0.2) is 0 Å². The van der Waals surface area contributed by atoms with Crippen molar-refractivity contribution in [1.29, 1.82) is 0 Å². The minimum atomic E-state index is -0.802. The van der Waals surface area contributed by atoms with Crippen molar-refractivity contribution < 1.29 is 19.7 Å². The van der Waals surface area contributed by atoms with Crippen LogP contribution in [0.4, 0.5) is 0 Å². The normalized spacial score (nSPS) is 19.9. The molecule has 0 aromatic heterocycles. The molecule has 2 aromatic carbocycles. The molecule has 0 spiro atoms. The largest absolute Gasteiger partial charge is 0.508 e. The van der Waals surface area contributed by atoms with E-state index in [2.05, 4.69) is 32.9 Å². The van der Waals surface area contributed by atoms with Gasteiger partial charge in [-0.05, 0) is 78.0 Å². The van der Waals surface area contributed by atoms with Gasteiger partial charge in [0.05, 0.1) is 6.61 Å². The molecule has 0 aliphatic heterocycles. The minimum Gasteiger partial charge on any atom is -0.508 e. The molecule has 0 bridgehead atoms. The van der Waals surface area contributed by atoms with E-state index in [1.165, 1.54) is 17.6 Å². The molecule has 0 heterocycles. The summed E-state index contributed by atoms with van der Waals surface area (Å²) in [5, 5.41) is 18.5. The van der Waals surface area contributed by atoms with E-state index in [9.17, 15) is 9.90 Å². The maximum absolute atomic E-state index is 10.6. The molecule has 160 valence electrons. The Kier molecular flexibility index (Phi) is 6.86. The predicted molar refractivity (Wildman–Crippen MR) is 120 cm³/mol. The summed E-state index contributed by atoms with van der Waals surface area (Å²) in [6, 6.07) is 15.5. The van der Waals surface area contributed by atoms with Gasteiger partial charge in [-0.25, -0.2) is 0 Å². The first-order valence-corrected chi connectivity index (χ1v) is 10.7.